The minimum absolute atomic E-state index is 0.0343. The first kappa shape index (κ1) is 23.0. The van der Waals surface area contributed by atoms with Crippen LogP contribution < -0.4 is 30.1 Å². The van der Waals surface area contributed by atoms with E-state index in [-0.39, 0.29) is 22.7 Å². The third-order valence-corrected chi connectivity index (χ3v) is 6.95. The molecule has 2 aromatic heterocycles. The molecule has 4 rings (SSSR count). The molecule has 0 N–H and O–H groups in total. The first-order valence-electron chi connectivity index (χ1n) is 9.22. The molecule has 11 nitrogen and oxygen atoms in total. The third kappa shape index (κ3) is 5.24. The van der Waals surface area contributed by atoms with E-state index in [1.165, 1.54) is 36.4 Å². The fraction of sp³-hybridized carbons (Fsp3) is 0.100. The highest BCUT2D eigenvalue weighted by Crippen LogP contribution is 2.55. The predicted molar refractivity (Wildman–Crippen MR) is 112 cm³/mol. The lowest BCUT2D eigenvalue weighted by Gasteiger charge is -2.30. The summed E-state index contributed by atoms with van der Waals surface area (Å²) in [6.45, 7) is 3.32. The summed E-state index contributed by atoms with van der Waals surface area (Å²) in [7, 11) is -11.0. The summed E-state index contributed by atoms with van der Waals surface area (Å²) in [5, 5.41) is 1.05. The molecule has 33 heavy (non-hydrogen) atoms. The normalized spacial score (nSPS) is 15.2. The standard InChI is InChI=1S/C20H16O11P2/c1-11-7-19(21)27-17-9-13(3-5-15(11)17)29-32(23,24)31-33(25,26)30-14-4-6-16-12(2)8-20(22)28-18(16)10-14/h3-10H,1-2H3,(H,23,24)(H,25,26)/p-2. The monoisotopic (exact) mass is 492 g/mol. The zero-order valence-corrected chi connectivity index (χ0v) is 18.8. The zero-order valence-electron chi connectivity index (χ0n) is 17.0. The summed E-state index contributed by atoms with van der Waals surface area (Å²) in [4.78, 5) is 47.3. The average Bonchev–Trinajstić information content (AvgIpc) is 2.65. The number of fused-ring (bicyclic) bond motifs is 2. The van der Waals surface area contributed by atoms with Gasteiger partial charge < -0.3 is 27.7 Å². The Morgan fingerprint density at radius 2 is 1.09 bits per heavy atom. The number of hydrogen-bond donors (Lipinski definition) is 0. The van der Waals surface area contributed by atoms with Gasteiger partial charge >= 0.3 is 26.9 Å². The molecule has 172 valence electrons. The van der Waals surface area contributed by atoms with Gasteiger partial charge in [0.05, 0.1) is 0 Å². The Balaban J connectivity index is 1.54. The van der Waals surface area contributed by atoms with Gasteiger partial charge in [0.2, 0.25) is 0 Å². The number of hydrogen-bond acceptors (Lipinski definition) is 11. The second kappa shape index (κ2) is 8.30. The number of phosphoric ester groups is 2. The summed E-state index contributed by atoms with van der Waals surface area (Å²) in [5.74, 6) is -0.699. The molecule has 4 aromatic rings. The first-order valence-corrected chi connectivity index (χ1v) is 12.1. The molecular weight excluding hydrogens is 478 g/mol. The van der Waals surface area contributed by atoms with Gasteiger partial charge in [-0.15, -0.1) is 0 Å². The van der Waals surface area contributed by atoms with Gasteiger partial charge in [-0.25, -0.2) is 13.9 Å². The predicted octanol–water partition coefficient (Wildman–Crippen LogP) is 2.93. The summed E-state index contributed by atoms with van der Waals surface area (Å²) >= 11 is 0. The van der Waals surface area contributed by atoms with Crippen molar-refractivity contribution in [2.24, 2.45) is 0 Å². The highest BCUT2D eigenvalue weighted by atomic mass is 31.3. The SMILES string of the molecule is Cc1cc(=O)oc2cc(OP(=O)([O-])OP(=O)([O-])Oc3ccc4c(C)cc(=O)oc4c3)ccc12. The Labute approximate surface area is 185 Å². The molecule has 0 radical (unpaired) electrons. The van der Waals surface area contributed by atoms with Crippen molar-refractivity contribution in [3.8, 4) is 11.5 Å². The van der Waals surface area contributed by atoms with Gasteiger partial charge in [0.15, 0.2) is 0 Å². The maximum atomic E-state index is 12.2. The van der Waals surface area contributed by atoms with E-state index in [1.54, 1.807) is 13.8 Å². The number of rotatable bonds is 6. The van der Waals surface area contributed by atoms with Crippen molar-refractivity contribution in [2.75, 3.05) is 0 Å². The zero-order chi connectivity index (χ0) is 24.0. The fourth-order valence-corrected chi connectivity index (χ4v) is 5.13. The molecule has 2 heterocycles. The van der Waals surface area contributed by atoms with Crippen molar-refractivity contribution in [3.05, 3.63) is 80.5 Å². The molecule has 0 aliphatic heterocycles. The number of phosphoric acid groups is 2. The topological polar surface area (TPSA) is 168 Å². The quantitative estimate of drug-likeness (QED) is 0.286. The molecule has 0 aliphatic rings. The summed E-state index contributed by atoms with van der Waals surface area (Å²) in [5.41, 5.74) is -0.0596. The van der Waals surface area contributed by atoms with E-state index in [2.05, 4.69) is 13.4 Å². The fourth-order valence-electron chi connectivity index (χ4n) is 3.14. The van der Waals surface area contributed by atoms with Gasteiger partial charge in [0.25, 0.3) is 0 Å². The molecule has 2 unspecified atom stereocenters. The van der Waals surface area contributed by atoms with Crippen LogP contribution in [0.4, 0.5) is 0 Å². The van der Waals surface area contributed by atoms with Crippen LogP contribution in [0.15, 0.2) is 67.0 Å². The van der Waals surface area contributed by atoms with Crippen LogP contribution in [0, 0.1) is 13.8 Å². The van der Waals surface area contributed by atoms with Crippen LogP contribution in [0.3, 0.4) is 0 Å². The Morgan fingerprint density at radius 1 is 0.697 bits per heavy atom. The van der Waals surface area contributed by atoms with Crippen LogP contribution in [-0.4, -0.2) is 0 Å². The largest absolute Gasteiger partial charge is 0.746 e. The molecule has 2 aromatic carbocycles. The van der Waals surface area contributed by atoms with Crippen molar-refractivity contribution >= 4 is 37.6 Å². The Morgan fingerprint density at radius 3 is 1.48 bits per heavy atom. The van der Waals surface area contributed by atoms with Gasteiger partial charge in [-0.3, -0.25) is 9.13 Å². The highest BCUT2D eigenvalue weighted by molar-refractivity contribution is 7.60. The van der Waals surface area contributed by atoms with E-state index in [0.29, 0.717) is 21.9 Å². The van der Waals surface area contributed by atoms with Gasteiger partial charge in [0, 0.05) is 35.0 Å². The lowest BCUT2D eigenvalue weighted by Crippen LogP contribution is -2.16. The van der Waals surface area contributed by atoms with Crippen LogP contribution in [0.5, 0.6) is 11.5 Å². The highest BCUT2D eigenvalue weighted by Gasteiger charge is 2.23. The Bertz CT molecular complexity index is 1480. The molecule has 13 heteroatoms. The summed E-state index contributed by atoms with van der Waals surface area (Å²) in [6.07, 6.45) is 0. The molecule has 0 fully saturated rings. The number of aryl methyl sites for hydroxylation is 2. The lowest BCUT2D eigenvalue weighted by atomic mass is 10.1. The van der Waals surface area contributed by atoms with Crippen LogP contribution in [-0.2, 0) is 13.4 Å². The van der Waals surface area contributed by atoms with E-state index >= 15 is 0 Å². The van der Waals surface area contributed by atoms with Crippen LogP contribution >= 0.6 is 15.6 Å². The maximum Gasteiger partial charge on any atom is 0.336 e. The smallest absolute Gasteiger partial charge is 0.336 e. The summed E-state index contributed by atoms with van der Waals surface area (Å²) in [6, 6.07) is 10.0. The van der Waals surface area contributed by atoms with E-state index in [0.717, 1.165) is 12.1 Å². The number of benzene rings is 2. The van der Waals surface area contributed by atoms with E-state index in [4.69, 9.17) is 8.83 Å². The van der Waals surface area contributed by atoms with Crippen molar-refractivity contribution in [1.29, 1.82) is 0 Å². The van der Waals surface area contributed by atoms with Crippen molar-refractivity contribution in [3.63, 3.8) is 0 Å². The molecule has 0 aliphatic carbocycles. The molecule has 0 saturated heterocycles. The van der Waals surface area contributed by atoms with Gasteiger partial charge in [-0.2, -0.15) is 0 Å². The molecule has 0 saturated carbocycles. The molecule has 2 atom stereocenters. The van der Waals surface area contributed by atoms with Crippen molar-refractivity contribution in [1.82, 2.24) is 0 Å². The van der Waals surface area contributed by atoms with Gasteiger partial charge in [-0.1, -0.05) is 0 Å². The molecule has 0 spiro atoms. The third-order valence-electron chi connectivity index (χ3n) is 4.48. The van der Waals surface area contributed by atoms with Gasteiger partial charge in [0.1, 0.15) is 22.7 Å². The lowest BCUT2D eigenvalue weighted by molar-refractivity contribution is -0.234. The molecule has 0 bridgehead atoms. The second-order valence-corrected chi connectivity index (χ2v) is 9.78. The summed E-state index contributed by atoms with van der Waals surface area (Å²) < 4.78 is 47.8. The maximum absolute atomic E-state index is 12.2. The van der Waals surface area contributed by atoms with Crippen LogP contribution in [0.25, 0.3) is 21.9 Å². The Hall–Kier alpha value is -3.20. The van der Waals surface area contributed by atoms with E-state index < -0.39 is 26.9 Å². The second-order valence-electron chi connectivity index (χ2n) is 6.97. The van der Waals surface area contributed by atoms with Crippen LogP contribution in [0.2, 0.25) is 0 Å². The van der Waals surface area contributed by atoms with E-state index in [1.807, 2.05) is 0 Å². The average molecular weight is 492 g/mol. The van der Waals surface area contributed by atoms with E-state index in [9.17, 15) is 28.5 Å². The minimum Gasteiger partial charge on any atom is -0.746 e. The molecule has 0 amide bonds. The molecular formula is C20H14O11P2-2. The Kier molecular flexibility index (Phi) is 5.78. The minimum atomic E-state index is -5.48. The van der Waals surface area contributed by atoms with Gasteiger partial charge in [-0.05, 0) is 49.2 Å². The van der Waals surface area contributed by atoms with Crippen molar-refractivity contribution in [2.45, 2.75) is 13.8 Å². The van der Waals surface area contributed by atoms with Crippen LogP contribution in [0.1, 0.15) is 11.1 Å². The van der Waals surface area contributed by atoms with Crippen molar-refractivity contribution < 1.29 is 41.1 Å². The first-order chi connectivity index (χ1) is 15.4.